The molecule has 118 valence electrons. The molecule has 4 heteroatoms. The van der Waals surface area contributed by atoms with Crippen molar-refractivity contribution < 1.29 is 4.79 Å². The Morgan fingerprint density at radius 3 is 2.35 bits per heavy atom. The highest BCUT2D eigenvalue weighted by atomic mass is 16.1. The van der Waals surface area contributed by atoms with Gasteiger partial charge in [-0.3, -0.25) is 4.79 Å². The average molecular weight is 283 g/mol. The Kier molecular flexibility index (Phi) is 6.96. The second-order valence-corrected chi connectivity index (χ2v) is 7.04. The lowest BCUT2D eigenvalue weighted by Crippen LogP contribution is -2.51. The number of rotatable bonds is 8. The van der Waals surface area contributed by atoms with Gasteiger partial charge in [0.2, 0.25) is 5.91 Å². The molecule has 0 heterocycles. The third-order valence-electron chi connectivity index (χ3n) is 4.71. The van der Waals surface area contributed by atoms with Gasteiger partial charge in [-0.15, -0.1) is 0 Å². The fourth-order valence-corrected chi connectivity index (χ4v) is 3.34. The second kappa shape index (κ2) is 7.99. The van der Waals surface area contributed by atoms with Gasteiger partial charge >= 0.3 is 0 Å². The molecule has 1 amide bonds. The van der Waals surface area contributed by atoms with Crippen LogP contribution < -0.4 is 11.1 Å². The number of hydrogen-bond acceptors (Lipinski definition) is 3. The lowest BCUT2D eigenvalue weighted by molar-refractivity contribution is -0.122. The Balaban J connectivity index is 2.41. The molecule has 0 aromatic rings. The van der Waals surface area contributed by atoms with Crippen molar-refractivity contribution in [3.05, 3.63) is 0 Å². The van der Waals surface area contributed by atoms with E-state index in [1.807, 2.05) is 0 Å². The topological polar surface area (TPSA) is 58.4 Å². The van der Waals surface area contributed by atoms with Crippen molar-refractivity contribution in [3.63, 3.8) is 0 Å². The van der Waals surface area contributed by atoms with Crippen LogP contribution in [0.15, 0.2) is 0 Å². The molecule has 0 bridgehead atoms. The van der Waals surface area contributed by atoms with Crippen molar-refractivity contribution >= 4 is 5.91 Å². The fourth-order valence-electron chi connectivity index (χ4n) is 3.34. The molecular formula is C16H33N3O. The summed E-state index contributed by atoms with van der Waals surface area (Å²) in [7, 11) is 4.25. The highest BCUT2D eigenvalue weighted by Crippen LogP contribution is 2.33. The van der Waals surface area contributed by atoms with Crippen molar-refractivity contribution in [1.82, 2.24) is 10.2 Å². The second-order valence-electron chi connectivity index (χ2n) is 7.04. The molecule has 1 aliphatic carbocycles. The molecule has 3 N–H and O–H groups in total. The summed E-state index contributed by atoms with van der Waals surface area (Å²) >= 11 is 0. The summed E-state index contributed by atoms with van der Waals surface area (Å²) in [5.41, 5.74) is 5.95. The number of carbonyl (C=O) groups is 1. The average Bonchev–Trinajstić information content (AvgIpc) is 2.85. The van der Waals surface area contributed by atoms with Crippen molar-refractivity contribution in [2.75, 3.05) is 27.2 Å². The smallest absolute Gasteiger partial charge is 0.220 e. The van der Waals surface area contributed by atoms with E-state index in [9.17, 15) is 4.79 Å². The van der Waals surface area contributed by atoms with Crippen LogP contribution >= 0.6 is 0 Å². The first kappa shape index (κ1) is 17.4. The first-order chi connectivity index (χ1) is 9.39. The van der Waals surface area contributed by atoms with Crippen LogP contribution in [0.1, 0.15) is 52.4 Å². The van der Waals surface area contributed by atoms with Gasteiger partial charge in [0.25, 0.3) is 0 Å². The van der Waals surface area contributed by atoms with Gasteiger partial charge in [0.1, 0.15) is 0 Å². The molecule has 1 unspecified atom stereocenters. The number of nitrogens with zero attached hydrogens (tertiary/aromatic N) is 1. The van der Waals surface area contributed by atoms with E-state index in [2.05, 4.69) is 38.2 Å². The van der Waals surface area contributed by atoms with Crippen LogP contribution in [0, 0.1) is 11.8 Å². The molecule has 1 fully saturated rings. The minimum Gasteiger partial charge on any atom is -0.354 e. The third kappa shape index (κ3) is 5.06. The summed E-state index contributed by atoms with van der Waals surface area (Å²) in [5, 5.41) is 3.15. The summed E-state index contributed by atoms with van der Waals surface area (Å²) in [6.07, 6.45) is 6.51. The van der Waals surface area contributed by atoms with Gasteiger partial charge in [0.15, 0.2) is 0 Å². The number of nitrogens with two attached hydrogens (primary N) is 1. The van der Waals surface area contributed by atoms with Gasteiger partial charge < -0.3 is 16.0 Å². The number of carbonyl (C=O) groups excluding carboxylic acids is 1. The molecular weight excluding hydrogens is 250 g/mol. The highest BCUT2D eigenvalue weighted by Gasteiger charge is 2.36. The minimum absolute atomic E-state index is 0.161. The molecule has 20 heavy (non-hydrogen) atoms. The zero-order valence-electron chi connectivity index (χ0n) is 13.7. The van der Waals surface area contributed by atoms with Gasteiger partial charge in [-0.2, -0.15) is 0 Å². The lowest BCUT2D eigenvalue weighted by atomic mass is 9.93. The van der Waals surface area contributed by atoms with Crippen LogP contribution in [0.2, 0.25) is 0 Å². The number of nitrogens with one attached hydrogen (secondary N) is 1. The highest BCUT2D eigenvalue weighted by molar-refractivity contribution is 5.76. The van der Waals surface area contributed by atoms with Crippen LogP contribution in [0.5, 0.6) is 0 Å². The normalized spacial score (nSPS) is 19.6. The van der Waals surface area contributed by atoms with E-state index in [1.165, 1.54) is 25.7 Å². The third-order valence-corrected chi connectivity index (χ3v) is 4.71. The maximum absolute atomic E-state index is 12.1. The van der Waals surface area contributed by atoms with E-state index in [4.69, 9.17) is 5.73 Å². The van der Waals surface area contributed by atoms with Crippen LogP contribution in [-0.4, -0.2) is 43.5 Å². The van der Waals surface area contributed by atoms with E-state index in [0.29, 0.717) is 24.8 Å². The van der Waals surface area contributed by atoms with Crippen molar-refractivity contribution in [2.45, 2.75) is 57.9 Å². The SMILES string of the molecule is CC(C)CC(CN)CC(=O)NCC1(N(C)C)CCCC1. The Bertz CT molecular complexity index is 296. The molecule has 0 radical (unpaired) electrons. The molecule has 0 aromatic carbocycles. The van der Waals surface area contributed by atoms with Gasteiger partial charge in [-0.25, -0.2) is 0 Å². The van der Waals surface area contributed by atoms with Crippen molar-refractivity contribution in [3.8, 4) is 0 Å². The molecule has 0 aromatic heterocycles. The van der Waals surface area contributed by atoms with E-state index in [0.717, 1.165) is 13.0 Å². The van der Waals surface area contributed by atoms with Crippen molar-refractivity contribution in [2.24, 2.45) is 17.6 Å². The number of hydrogen-bond donors (Lipinski definition) is 2. The molecule has 1 atom stereocenters. The maximum Gasteiger partial charge on any atom is 0.220 e. The summed E-state index contributed by atoms with van der Waals surface area (Å²) in [6, 6.07) is 0. The predicted octanol–water partition coefficient (Wildman–Crippen LogP) is 1.99. The number of likely N-dealkylation sites (N-methyl/N-ethyl adjacent to an activating group) is 1. The Labute approximate surface area is 124 Å². The standard InChI is InChI=1S/C16H33N3O/c1-13(2)9-14(11-17)10-15(20)18-12-16(19(3)4)7-5-6-8-16/h13-14H,5-12,17H2,1-4H3,(H,18,20). The van der Waals surface area contributed by atoms with Crippen molar-refractivity contribution in [1.29, 1.82) is 0 Å². The lowest BCUT2D eigenvalue weighted by Gasteiger charge is -2.36. The molecule has 0 saturated heterocycles. The van der Waals surface area contributed by atoms with Gasteiger partial charge in [0, 0.05) is 18.5 Å². The maximum atomic E-state index is 12.1. The summed E-state index contributed by atoms with van der Waals surface area (Å²) < 4.78 is 0. The molecule has 1 rings (SSSR count). The van der Waals surface area contributed by atoms with Gasteiger partial charge in [-0.1, -0.05) is 26.7 Å². The fraction of sp³-hybridized carbons (Fsp3) is 0.938. The Hall–Kier alpha value is -0.610. The predicted molar refractivity (Wildman–Crippen MR) is 84.5 cm³/mol. The largest absolute Gasteiger partial charge is 0.354 e. The van der Waals surface area contributed by atoms with Crippen LogP contribution in [-0.2, 0) is 4.79 Å². The van der Waals surface area contributed by atoms with E-state index in [-0.39, 0.29) is 11.4 Å². The van der Waals surface area contributed by atoms with Crippen LogP contribution in [0.3, 0.4) is 0 Å². The molecule has 1 aliphatic rings. The van der Waals surface area contributed by atoms with E-state index in [1.54, 1.807) is 0 Å². The molecule has 0 spiro atoms. The molecule has 1 saturated carbocycles. The minimum atomic E-state index is 0.161. The zero-order valence-corrected chi connectivity index (χ0v) is 13.7. The quantitative estimate of drug-likeness (QED) is 0.716. The summed E-state index contributed by atoms with van der Waals surface area (Å²) in [5.74, 6) is 1.07. The van der Waals surface area contributed by atoms with Crippen LogP contribution in [0.25, 0.3) is 0 Å². The van der Waals surface area contributed by atoms with Gasteiger partial charge in [0.05, 0.1) is 0 Å². The molecule has 4 nitrogen and oxygen atoms in total. The zero-order chi connectivity index (χ0) is 15.2. The Morgan fingerprint density at radius 2 is 1.90 bits per heavy atom. The van der Waals surface area contributed by atoms with Crippen LogP contribution in [0.4, 0.5) is 0 Å². The first-order valence-corrected chi connectivity index (χ1v) is 8.04. The summed E-state index contributed by atoms with van der Waals surface area (Å²) in [6.45, 7) is 5.74. The van der Waals surface area contributed by atoms with E-state index < -0.39 is 0 Å². The Morgan fingerprint density at radius 1 is 1.30 bits per heavy atom. The molecule has 0 aliphatic heterocycles. The van der Waals surface area contributed by atoms with E-state index >= 15 is 0 Å². The monoisotopic (exact) mass is 283 g/mol. The number of amides is 1. The first-order valence-electron chi connectivity index (χ1n) is 8.04. The summed E-state index contributed by atoms with van der Waals surface area (Å²) in [4.78, 5) is 14.4. The van der Waals surface area contributed by atoms with Gasteiger partial charge in [-0.05, 0) is 51.7 Å².